The molecule has 0 fully saturated rings. The predicted molar refractivity (Wildman–Crippen MR) is 123 cm³/mol. The number of ether oxygens (including phenoxy) is 2. The summed E-state index contributed by atoms with van der Waals surface area (Å²) in [6.07, 6.45) is 1.82. The van der Waals surface area contributed by atoms with Gasteiger partial charge in [-0.2, -0.15) is 0 Å². The lowest BCUT2D eigenvalue weighted by atomic mass is 9.90. The summed E-state index contributed by atoms with van der Waals surface area (Å²) in [5.41, 5.74) is 3.28. The molecule has 1 heterocycles. The van der Waals surface area contributed by atoms with Crippen LogP contribution in [0.1, 0.15) is 22.6 Å². The van der Waals surface area contributed by atoms with Crippen LogP contribution in [0.4, 0.5) is 4.39 Å². The van der Waals surface area contributed by atoms with E-state index in [-0.39, 0.29) is 23.9 Å². The van der Waals surface area contributed by atoms with Gasteiger partial charge in [0.15, 0.2) is 11.5 Å². The highest BCUT2D eigenvalue weighted by Gasteiger charge is 2.26. The van der Waals surface area contributed by atoms with Crippen LogP contribution in [0, 0.1) is 15.9 Å². The normalized spacial score (nSPS) is 12.0. The number of H-pyrrole nitrogens is 1. The highest BCUT2D eigenvalue weighted by atomic mass is 79.9. The molecule has 0 aliphatic rings. The number of methoxy groups -OCH3 is 1. The number of para-hydroxylation sites is 1. The fourth-order valence-corrected chi connectivity index (χ4v) is 4.31. The third-order valence-electron chi connectivity index (χ3n) is 5.28. The number of fused-ring (bicyclic) bond motifs is 1. The van der Waals surface area contributed by atoms with Crippen LogP contribution in [0.25, 0.3) is 10.9 Å². The lowest BCUT2D eigenvalue weighted by Gasteiger charge is -2.18. The van der Waals surface area contributed by atoms with Crippen LogP contribution in [-0.4, -0.2) is 23.6 Å². The van der Waals surface area contributed by atoms with Gasteiger partial charge in [-0.05, 0) is 63.0 Å². The van der Waals surface area contributed by atoms with Crippen molar-refractivity contribution in [1.82, 2.24) is 4.98 Å². The molecule has 0 spiro atoms. The maximum Gasteiger partial charge on any atom is 0.214 e. The number of nitro groups is 1. The van der Waals surface area contributed by atoms with Crippen molar-refractivity contribution < 1.29 is 18.8 Å². The summed E-state index contributed by atoms with van der Waals surface area (Å²) in [5.74, 6) is 0.118. The lowest BCUT2D eigenvalue weighted by molar-refractivity contribution is -0.481. The van der Waals surface area contributed by atoms with Gasteiger partial charge in [0.2, 0.25) is 6.54 Å². The molecule has 0 unspecified atom stereocenters. The zero-order valence-corrected chi connectivity index (χ0v) is 18.8. The molecule has 32 heavy (non-hydrogen) atoms. The molecule has 1 N–H and O–H groups in total. The van der Waals surface area contributed by atoms with Crippen molar-refractivity contribution in [3.8, 4) is 11.5 Å². The van der Waals surface area contributed by atoms with Crippen LogP contribution in [0.5, 0.6) is 11.5 Å². The zero-order valence-electron chi connectivity index (χ0n) is 17.2. The van der Waals surface area contributed by atoms with E-state index in [0.29, 0.717) is 16.0 Å². The quantitative estimate of drug-likeness (QED) is 0.236. The highest BCUT2D eigenvalue weighted by molar-refractivity contribution is 9.10. The number of nitrogens with one attached hydrogen (secondary N) is 1. The molecule has 6 nitrogen and oxygen atoms in total. The summed E-state index contributed by atoms with van der Waals surface area (Å²) in [7, 11) is 1.52. The summed E-state index contributed by atoms with van der Waals surface area (Å²) in [6.45, 7) is -0.0530. The first-order chi connectivity index (χ1) is 15.5. The molecule has 0 aliphatic heterocycles. The van der Waals surface area contributed by atoms with Gasteiger partial charge in [-0.3, -0.25) is 10.1 Å². The van der Waals surface area contributed by atoms with Gasteiger partial charge in [-0.15, -0.1) is 0 Å². The van der Waals surface area contributed by atoms with Crippen molar-refractivity contribution in [2.75, 3.05) is 13.7 Å². The molecule has 0 aliphatic carbocycles. The summed E-state index contributed by atoms with van der Waals surface area (Å²) in [5, 5.41) is 12.4. The van der Waals surface area contributed by atoms with E-state index in [4.69, 9.17) is 9.47 Å². The Labute approximate surface area is 192 Å². The monoisotopic (exact) mass is 498 g/mol. The Balaban J connectivity index is 1.70. The third-order valence-corrected chi connectivity index (χ3v) is 5.87. The Kier molecular flexibility index (Phi) is 6.41. The Morgan fingerprint density at radius 2 is 1.91 bits per heavy atom. The molecule has 0 saturated heterocycles. The van der Waals surface area contributed by atoms with E-state index >= 15 is 0 Å². The van der Waals surface area contributed by atoms with E-state index in [1.165, 1.54) is 19.2 Å². The third kappa shape index (κ3) is 4.60. The van der Waals surface area contributed by atoms with Crippen molar-refractivity contribution in [2.45, 2.75) is 12.5 Å². The van der Waals surface area contributed by atoms with Gasteiger partial charge in [-0.1, -0.05) is 30.3 Å². The number of aromatic nitrogens is 1. The smallest absolute Gasteiger partial charge is 0.214 e. The van der Waals surface area contributed by atoms with Crippen molar-refractivity contribution in [3.63, 3.8) is 0 Å². The van der Waals surface area contributed by atoms with Gasteiger partial charge in [0, 0.05) is 22.0 Å². The molecule has 8 heteroatoms. The summed E-state index contributed by atoms with van der Waals surface area (Å²) in [6, 6.07) is 17.3. The Hall–Kier alpha value is -3.39. The maximum atomic E-state index is 13.1. The van der Waals surface area contributed by atoms with Crippen LogP contribution in [-0.2, 0) is 6.61 Å². The number of hydrogen-bond acceptors (Lipinski definition) is 4. The number of halogens is 2. The number of rotatable bonds is 8. The fraction of sp³-hybridized carbons (Fsp3) is 0.167. The number of benzene rings is 3. The van der Waals surface area contributed by atoms with Gasteiger partial charge in [0.1, 0.15) is 12.4 Å². The molecule has 0 radical (unpaired) electrons. The summed E-state index contributed by atoms with van der Waals surface area (Å²) < 4.78 is 25.2. The number of aromatic amines is 1. The molecule has 0 saturated carbocycles. The molecular weight excluding hydrogens is 479 g/mol. The minimum absolute atomic E-state index is 0.218. The molecule has 0 amide bonds. The van der Waals surface area contributed by atoms with Crippen LogP contribution in [0.3, 0.4) is 0 Å². The molecule has 4 rings (SSSR count). The topological polar surface area (TPSA) is 77.4 Å². The SMILES string of the molecule is COc1cc([C@H](C[N+](=O)[O-])c2c[nH]c3ccccc23)cc(Br)c1OCc1ccc(F)cc1. The van der Waals surface area contributed by atoms with Crippen LogP contribution in [0.2, 0.25) is 0 Å². The average Bonchev–Trinajstić information content (AvgIpc) is 3.21. The van der Waals surface area contributed by atoms with Crippen molar-refractivity contribution in [3.05, 3.63) is 104 Å². The van der Waals surface area contributed by atoms with Crippen molar-refractivity contribution in [2.24, 2.45) is 0 Å². The zero-order chi connectivity index (χ0) is 22.7. The van der Waals surface area contributed by atoms with Gasteiger partial charge < -0.3 is 14.5 Å². The first-order valence-electron chi connectivity index (χ1n) is 9.88. The second kappa shape index (κ2) is 9.40. The largest absolute Gasteiger partial charge is 0.493 e. The van der Waals surface area contributed by atoms with E-state index in [1.807, 2.05) is 36.5 Å². The molecule has 3 aromatic carbocycles. The molecule has 1 atom stereocenters. The maximum absolute atomic E-state index is 13.1. The van der Waals surface area contributed by atoms with Gasteiger partial charge >= 0.3 is 0 Å². The predicted octanol–water partition coefficient (Wildman–Crippen LogP) is 6.07. The van der Waals surface area contributed by atoms with Gasteiger partial charge in [-0.25, -0.2) is 4.39 Å². The van der Waals surface area contributed by atoms with E-state index in [0.717, 1.165) is 27.6 Å². The summed E-state index contributed by atoms with van der Waals surface area (Å²) in [4.78, 5) is 14.4. The van der Waals surface area contributed by atoms with Crippen LogP contribution in [0.15, 0.2) is 71.3 Å². The van der Waals surface area contributed by atoms with Crippen molar-refractivity contribution in [1.29, 1.82) is 0 Å². The first kappa shape index (κ1) is 21.8. The molecule has 1 aromatic heterocycles. The Morgan fingerprint density at radius 1 is 1.16 bits per heavy atom. The Morgan fingerprint density at radius 3 is 2.62 bits per heavy atom. The highest BCUT2D eigenvalue weighted by Crippen LogP contribution is 2.41. The molecule has 4 aromatic rings. The fourth-order valence-electron chi connectivity index (χ4n) is 3.73. The van der Waals surface area contributed by atoms with E-state index in [2.05, 4.69) is 20.9 Å². The second-order valence-electron chi connectivity index (χ2n) is 7.31. The minimum Gasteiger partial charge on any atom is -0.493 e. The van der Waals surface area contributed by atoms with Gasteiger partial charge in [0.25, 0.3) is 0 Å². The van der Waals surface area contributed by atoms with E-state index in [9.17, 15) is 14.5 Å². The molecular formula is C24H20BrFN2O4. The Bertz CT molecular complexity index is 1260. The first-order valence-corrected chi connectivity index (χ1v) is 10.7. The van der Waals surface area contributed by atoms with Crippen LogP contribution >= 0.6 is 15.9 Å². The number of nitrogens with zero attached hydrogens (tertiary/aromatic N) is 1. The summed E-state index contributed by atoms with van der Waals surface area (Å²) >= 11 is 3.53. The van der Waals surface area contributed by atoms with Crippen molar-refractivity contribution >= 4 is 26.8 Å². The molecule has 0 bridgehead atoms. The number of hydrogen-bond donors (Lipinski definition) is 1. The minimum atomic E-state index is -0.488. The molecule has 164 valence electrons. The van der Waals surface area contributed by atoms with Gasteiger partial charge in [0.05, 0.1) is 17.5 Å². The van der Waals surface area contributed by atoms with E-state index in [1.54, 1.807) is 18.2 Å². The standard InChI is InChI=1S/C24H20BrFN2O4/c1-31-23-11-16(10-21(25)24(23)32-14-15-6-8-17(26)9-7-15)20(13-28(29)30)19-12-27-22-5-3-2-4-18(19)22/h2-12,20,27H,13-14H2,1H3/t20-/m0/s1. The average molecular weight is 499 g/mol. The second-order valence-corrected chi connectivity index (χ2v) is 8.16. The van der Waals surface area contributed by atoms with Crippen LogP contribution < -0.4 is 9.47 Å². The lowest BCUT2D eigenvalue weighted by Crippen LogP contribution is -2.14. The van der Waals surface area contributed by atoms with E-state index < -0.39 is 5.92 Å².